The first-order valence-corrected chi connectivity index (χ1v) is 14.3. The number of carbonyl (C=O) groups is 2. The second kappa shape index (κ2) is 11.3. The topological polar surface area (TPSA) is 92.8 Å². The summed E-state index contributed by atoms with van der Waals surface area (Å²) in [6.07, 6.45) is -4.37. The van der Waals surface area contributed by atoms with Crippen molar-refractivity contribution in [2.24, 2.45) is 0 Å². The van der Waals surface area contributed by atoms with Gasteiger partial charge in [0.05, 0.1) is 28.8 Å². The molecule has 216 valence electrons. The van der Waals surface area contributed by atoms with Crippen molar-refractivity contribution in [2.45, 2.75) is 30.1 Å². The predicted octanol–water partition coefficient (Wildman–Crippen LogP) is 5.60. The van der Waals surface area contributed by atoms with Crippen molar-refractivity contribution in [3.8, 4) is 11.1 Å². The second-order valence-corrected chi connectivity index (χ2v) is 11.5. The zero-order valence-corrected chi connectivity index (χ0v) is 23.1. The summed E-state index contributed by atoms with van der Waals surface area (Å²) >= 11 is 0. The van der Waals surface area contributed by atoms with E-state index in [4.69, 9.17) is 4.74 Å². The number of halogens is 3. The fourth-order valence-electron chi connectivity index (χ4n) is 4.89. The van der Waals surface area contributed by atoms with Crippen LogP contribution in [0.25, 0.3) is 11.1 Å². The third kappa shape index (κ3) is 5.73. The van der Waals surface area contributed by atoms with Crippen molar-refractivity contribution in [2.75, 3.05) is 11.4 Å². The molecule has 0 saturated carbocycles. The Morgan fingerprint density at radius 3 is 2.33 bits per heavy atom. The minimum Gasteiger partial charge on any atom is -0.465 e. The van der Waals surface area contributed by atoms with Gasteiger partial charge in [-0.05, 0) is 64.7 Å². The Bertz CT molecular complexity index is 1760. The number of nitrogens with zero attached hydrogens (tertiary/aromatic N) is 1. The molecule has 1 aliphatic rings. The highest BCUT2D eigenvalue weighted by atomic mass is 32.2. The van der Waals surface area contributed by atoms with Gasteiger partial charge in [-0.1, -0.05) is 54.6 Å². The van der Waals surface area contributed by atoms with Crippen LogP contribution in [-0.4, -0.2) is 33.4 Å². The first-order chi connectivity index (χ1) is 20.0. The molecule has 1 aliphatic heterocycles. The average Bonchev–Trinajstić information content (AvgIpc) is 3.40. The van der Waals surface area contributed by atoms with Crippen LogP contribution >= 0.6 is 0 Å². The summed E-state index contributed by atoms with van der Waals surface area (Å²) in [7, 11) is -2.98. The highest BCUT2D eigenvalue weighted by molar-refractivity contribution is 7.93. The van der Waals surface area contributed by atoms with E-state index in [2.05, 4.69) is 5.32 Å². The molecule has 1 N–H and O–H groups in total. The normalized spacial score (nSPS) is 14.8. The highest BCUT2D eigenvalue weighted by Crippen LogP contribution is 2.38. The van der Waals surface area contributed by atoms with Crippen LogP contribution in [0.2, 0.25) is 0 Å². The molecule has 1 heterocycles. The number of hydrogen-bond acceptors (Lipinski definition) is 5. The van der Waals surface area contributed by atoms with Crippen LogP contribution in [0.3, 0.4) is 0 Å². The first-order valence-electron chi connectivity index (χ1n) is 12.8. The standard InChI is InChI=1S/C31H25F3N2O5S/c1-41-30(38)24-9-4-6-20(16-24)19-35-29(37)28-18-23-7-2-3-11-27(23)36(28)42(39,40)26-14-12-21(13-15-26)22-8-5-10-25(17-22)31(32,33)34/h2-17,28H,18-19H2,1H3,(H,35,37)/t28-/m0/s1. The second-order valence-electron chi connectivity index (χ2n) is 9.66. The van der Waals surface area contributed by atoms with Gasteiger partial charge in [-0.2, -0.15) is 13.2 Å². The minimum atomic E-state index is -4.51. The number of anilines is 1. The van der Waals surface area contributed by atoms with Crippen molar-refractivity contribution in [1.29, 1.82) is 0 Å². The van der Waals surface area contributed by atoms with Crippen LogP contribution in [0.4, 0.5) is 18.9 Å². The van der Waals surface area contributed by atoms with Gasteiger partial charge >= 0.3 is 12.1 Å². The molecule has 1 atom stereocenters. The summed E-state index contributed by atoms with van der Waals surface area (Å²) in [5.41, 5.74) is 1.87. The van der Waals surface area contributed by atoms with Gasteiger partial charge in [-0.15, -0.1) is 0 Å². The Morgan fingerprint density at radius 1 is 0.905 bits per heavy atom. The number of esters is 1. The van der Waals surface area contributed by atoms with Gasteiger partial charge in [0.15, 0.2) is 0 Å². The van der Waals surface area contributed by atoms with E-state index in [1.807, 2.05) is 0 Å². The molecule has 0 aliphatic carbocycles. The number of para-hydroxylation sites is 1. The quantitative estimate of drug-likeness (QED) is 0.282. The molecule has 4 aromatic rings. The van der Waals surface area contributed by atoms with Crippen molar-refractivity contribution < 1.29 is 35.9 Å². The maximum absolute atomic E-state index is 13.9. The van der Waals surface area contributed by atoms with E-state index in [1.165, 1.54) is 43.5 Å². The molecule has 7 nitrogen and oxygen atoms in total. The van der Waals surface area contributed by atoms with Gasteiger partial charge in [0.25, 0.3) is 10.0 Å². The zero-order valence-electron chi connectivity index (χ0n) is 22.3. The van der Waals surface area contributed by atoms with Gasteiger partial charge < -0.3 is 10.1 Å². The van der Waals surface area contributed by atoms with E-state index in [0.29, 0.717) is 27.9 Å². The number of nitrogens with one attached hydrogen (secondary N) is 1. The Morgan fingerprint density at radius 2 is 1.62 bits per heavy atom. The lowest BCUT2D eigenvalue weighted by Gasteiger charge is -2.26. The number of carbonyl (C=O) groups excluding carboxylic acids is 2. The summed E-state index contributed by atoms with van der Waals surface area (Å²) in [5.74, 6) is -1.05. The van der Waals surface area contributed by atoms with Gasteiger partial charge in [-0.25, -0.2) is 13.2 Å². The lowest BCUT2D eigenvalue weighted by Crippen LogP contribution is -2.47. The molecule has 4 aromatic carbocycles. The Kier molecular flexibility index (Phi) is 7.79. The summed E-state index contributed by atoms with van der Waals surface area (Å²) < 4.78 is 73.2. The number of rotatable bonds is 7. The van der Waals surface area contributed by atoms with E-state index in [1.54, 1.807) is 48.5 Å². The van der Waals surface area contributed by atoms with E-state index in [-0.39, 0.29) is 23.4 Å². The number of ether oxygens (including phenoxy) is 1. The fourth-order valence-corrected chi connectivity index (χ4v) is 6.54. The van der Waals surface area contributed by atoms with Crippen LogP contribution in [0.15, 0.2) is 102 Å². The van der Waals surface area contributed by atoms with Crippen LogP contribution in [-0.2, 0) is 38.7 Å². The summed E-state index contributed by atoms with van der Waals surface area (Å²) in [4.78, 5) is 25.1. The number of hydrogen-bond donors (Lipinski definition) is 1. The molecule has 5 rings (SSSR count). The number of alkyl halides is 3. The smallest absolute Gasteiger partial charge is 0.416 e. The SMILES string of the molecule is COC(=O)c1cccc(CNC(=O)[C@@H]2Cc3ccccc3N2S(=O)(=O)c2ccc(-c3cccc(C(F)(F)F)c3)cc2)c1. The number of amides is 1. The Labute approximate surface area is 240 Å². The van der Waals surface area contributed by atoms with E-state index in [9.17, 15) is 31.2 Å². The van der Waals surface area contributed by atoms with Crippen molar-refractivity contribution >= 4 is 27.6 Å². The number of sulfonamides is 1. The fraction of sp³-hybridized carbons (Fsp3) is 0.161. The molecule has 0 radical (unpaired) electrons. The van der Waals surface area contributed by atoms with Crippen LogP contribution < -0.4 is 9.62 Å². The molecular formula is C31H25F3N2O5S. The van der Waals surface area contributed by atoms with E-state index in [0.717, 1.165) is 16.4 Å². The molecule has 0 unspecified atom stereocenters. The van der Waals surface area contributed by atoms with E-state index >= 15 is 0 Å². The lowest BCUT2D eigenvalue weighted by atomic mass is 10.0. The zero-order chi connectivity index (χ0) is 30.1. The van der Waals surface area contributed by atoms with Crippen molar-refractivity contribution in [1.82, 2.24) is 5.32 Å². The molecule has 0 bridgehead atoms. The van der Waals surface area contributed by atoms with Gasteiger partial charge in [0, 0.05) is 13.0 Å². The van der Waals surface area contributed by atoms with Gasteiger partial charge in [-0.3, -0.25) is 9.10 Å². The summed E-state index contributed by atoms with van der Waals surface area (Å²) in [6.45, 7) is 0.0517. The molecule has 42 heavy (non-hydrogen) atoms. The number of fused-ring (bicyclic) bond motifs is 1. The first kappa shape index (κ1) is 28.9. The maximum Gasteiger partial charge on any atom is 0.416 e. The summed E-state index contributed by atoms with van der Waals surface area (Å²) in [6, 6.07) is 22.5. The van der Waals surface area contributed by atoms with Gasteiger partial charge in [0.2, 0.25) is 5.91 Å². The number of benzene rings is 4. The van der Waals surface area contributed by atoms with E-state index < -0.39 is 39.7 Å². The number of methoxy groups -OCH3 is 1. The Hall–Kier alpha value is -4.64. The average molecular weight is 595 g/mol. The van der Waals surface area contributed by atoms with Crippen LogP contribution in [0, 0.1) is 0 Å². The molecule has 0 fully saturated rings. The van der Waals surface area contributed by atoms with Crippen LogP contribution in [0.5, 0.6) is 0 Å². The molecule has 1 amide bonds. The Balaban J connectivity index is 1.41. The van der Waals surface area contributed by atoms with Crippen molar-refractivity contribution in [3.63, 3.8) is 0 Å². The van der Waals surface area contributed by atoms with Crippen molar-refractivity contribution in [3.05, 3.63) is 119 Å². The minimum absolute atomic E-state index is 0.0517. The summed E-state index contributed by atoms with van der Waals surface area (Å²) in [5, 5.41) is 2.77. The van der Waals surface area contributed by atoms with Crippen LogP contribution in [0.1, 0.15) is 27.0 Å². The lowest BCUT2D eigenvalue weighted by molar-refractivity contribution is -0.137. The molecule has 11 heteroatoms. The third-order valence-corrected chi connectivity index (χ3v) is 8.81. The molecule has 0 saturated heterocycles. The maximum atomic E-state index is 13.9. The molecular weight excluding hydrogens is 569 g/mol. The molecule has 0 spiro atoms. The molecule has 0 aromatic heterocycles. The monoisotopic (exact) mass is 594 g/mol. The van der Waals surface area contributed by atoms with Gasteiger partial charge in [0.1, 0.15) is 6.04 Å². The highest BCUT2D eigenvalue weighted by Gasteiger charge is 2.42. The predicted molar refractivity (Wildman–Crippen MR) is 150 cm³/mol. The largest absolute Gasteiger partial charge is 0.465 e. The third-order valence-electron chi connectivity index (χ3n) is 6.98.